The van der Waals surface area contributed by atoms with Gasteiger partial charge in [0.2, 0.25) is 0 Å². The number of nitrogens with zero attached hydrogens (tertiary/aromatic N) is 1. The van der Waals surface area contributed by atoms with E-state index in [1.807, 2.05) is 20.8 Å². The fraction of sp³-hybridized carbons (Fsp3) is 0.471. The predicted octanol–water partition coefficient (Wildman–Crippen LogP) is 3.38. The number of carboxylic acids is 1. The van der Waals surface area contributed by atoms with Gasteiger partial charge in [0.25, 0.3) is 0 Å². The molecular weight excluding hydrogens is 250 g/mol. The second-order valence-electron chi connectivity index (χ2n) is 6.70. The van der Waals surface area contributed by atoms with Crippen molar-refractivity contribution in [3.63, 3.8) is 0 Å². The number of carboxylic acid groups (broad SMARTS) is 1. The van der Waals surface area contributed by atoms with E-state index < -0.39 is 5.97 Å². The number of anilines is 1. The molecule has 0 spiro atoms. The zero-order valence-electron chi connectivity index (χ0n) is 12.4. The van der Waals surface area contributed by atoms with Crippen molar-refractivity contribution < 1.29 is 9.90 Å². The summed E-state index contributed by atoms with van der Waals surface area (Å²) in [5.74, 6) is -0.777. The Morgan fingerprint density at radius 3 is 2.40 bits per heavy atom. The van der Waals surface area contributed by atoms with Crippen LogP contribution in [0.25, 0.3) is 0 Å². The Morgan fingerprint density at radius 2 is 1.80 bits per heavy atom. The lowest BCUT2D eigenvalue weighted by atomic mass is 9.82. The third-order valence-electron chi connectivity index (χ3n) is 4.29. The number of allylic oxidation sites excluding steroid dienone is 1. The maximum atomic E-state index is 11.8. The van der Waals surface area contributed by atoms with Gasteiger partial charge in [-0.1, -0.05) is 39.0 Å². The van der Waals surface area contributed by atoms with Crippen LogP contribution in [-0.2, 0) is 17.6 Å². The van der Waals surface area contributed by atoms with Crippen molar-refractivity contribution in [1.82, 2.24) is 0 Å². The van der Waals surface area contributed by atoms with E-state index in [2.05, 4.69) is 23.1 Å². The first-order valence-electron chi connectivity index (χ1n) is 7.25. The lowest BCUT2D eigenvalue weighted by Gasteiger charge is -2.34. The molecule has 3 heteroatoms. The topological polar surface area (TPSA) is 40.5 Å². The summed E-state index contributed by atoms with van der Waals surface area (Å²) < 4.78 is 0. The first kappa shape index (κ1) is 13.2. The Kier molecular flexibility index (Phi) is 2.89. The van der Waals surface area contributed by atoms with Gasteiger partial charge in [-0.25, -0.2) is 4.79 Å². The zero-order chi connectivity index (χ0) is 14.5. The Hall–Kier alpha value is -1.77. The average Bonchev–Trinajstić information content (AvgIpc) is 2.76. The van der Waals surface area contributed by atoms with Crippen LogP contribution in [0.3, 0.4) is 0 Å². The molecule has 3 rings (SSSR count). The molecule has 0 aromatic heterocycles. The van der Waals surface area contributed by atoms with Crippen LogP contribution < -0.4 is 4.90 Å². The Labute approximate surface area is 119 Å². The van der Waals surface area contributed by atoms with Gasteiger partial charge in [-0.05, 0) is 35.8 Å². The smallest absolute Gasteiger partial charge is 0.333 e. The summed E-state index contributed by atoms with van der Waals surface area (Å²) in [4.78, 5) is 14.0. The van der Waals surface area contributed by atoms with Crippen LogP contribution in [0.15, 0.2) is 29.5 Å². The molecule has 0 radical (unpaired) electrons. The summed E-state index contributed by atoms with van der Waals surface area (Å²) in [5, 5.41) is 9.65. The third kappa shape index (κ3) is 1.92. The molecule has 1 aromatic rings. The monoisotopic (exact) mass is 271 g/mol. The standard InChI is InChI=1S/C17H21NO2/c1-17(2,3)14(16(19)20)13-8-7-11-5-4-6-12-9-10-18(13)15(11)12/h4-6H,7-10H2,1-3H3,(H,19,20)/b14-13-. The van der Waals surface area contributed by atoms with Crippen molar-refractivity contribution in [3.05, 3.63) is 40.6 Å². The number of para-hydroxylation sites is 1. The molecule has 2 aliphatic heterocycles. The fourth-order valence-electron chi connectivity index (χ4n) is 3.53. The molecular formula is C17H21NO2. The lowest BCUT2D eigenvalue weighted by molar-refractivity contribution is -0.133. The van der Waals surface area contributed by atoms with E-state index in [0.29, 0.717) is 5.57 Å². The van der Waals surface area contributed by atoms with E-state index in [1.165, 1.54) is 16.8 Å². The van der Waals surface area contributed by atoms with Gasteiger partial charge < -0.3 is 10.0 Å². The minimum atomic E-state index is -0.777. The molecule has 0 saturated carbocycles. The Balaban J connectivity index is 2.18. The van der Waals surface area contributed by atoms with Crippen LogP contribution in [0.5, 0.6) is 0 Å². The largest absolute Gasteiger partial charge is 0.478 e. The molecule has 0 saturated heterocycles. The number of hydrogen-bond acceptors (Lipinski definition) is 2. The maximum Gasteiger partial charge on any atom is 0.333 e. The van der Waals surface area contributed by atoms with E-state index in [4.69, 9.17) is 0 Å². The molecule has 0 fully saturated rings. The highest BCUT2D eigenvalue weighted by Crippen LogP contribution is 2.43. The van der Waals surface area contributed by atoms with E-state index in [1.54, 1.807) is 0 Å². The normalized spacial score (nSPS) is 19.9. The van der Waals surface area contributed by atoms with Crippen LogP contribution >= 0.6 is 0 Å². The third-order valence-corrected chi connectivity index (χ3v) is 4.29. The molecule has 3 nitrogen and oxygen atoms in total. The molecule has 0 atom stereocenters. The predicted molar refractivity (Wildman–Crippen MR) is 79.9 cm³/mol. The summed E-state index contributed by atoms with van der Waals surface area (Å²) in [6, 6.07) is 6.46. The van der Waals surface area contributed by atoms with Gasteiger partial charge >= 0.3 is 5.97 Å². The van der Waals surface area contributed by atoms with Crippen molar-refractivity contribution in [1.29, 1.82) is 0 Å². The number of benzene rings is 1. The Bertz CT molecular complexity index is 608. The van der Waals surface area contributed by atoms with Gasteiger partial charge in [0.1, 0.15) is 0 Å². The number of aryl methyl sites for hydroxylation is 1. The highest BCUT2D eigenvalue weighted by atomic mass is 16.4. The van der Waals surface area contributed by atoms with Gasteiger partial charge in [0, 0.05) is 17.9 Å². The SMILES string of the molecule is CC(C)(C)/C(C(=O)O)=C1/CCc2cccc3c2N1CC3. The van der Waals surface area contributed by atoms with Crippen molar-refractivity contribution >= 4 is 11.7 Å². The first-order chi connectivity index (χ1) is 9.39. The quantitative estimate of drug-likeness (QED) is 0.796. The number of carbonyl (C=O) groups is 1. The summed E-state index contributed by atoms with van der Waals surface area (Å²) in [6.45, 7) is 6.87. The van der Waals surface area contributed by atoms with Gasteiger partial charge in [-0.2, -0.15) is 0 Å². The summed E-state index contributed by atoms with van der Waals surface area (Å²) in [6.07, 6.45) is 2.79. The average molecular weight is 271 g/mol. The molecule has 1 aromatic carbocycles. The van der Waals surface area contributed by atoms with E-state index in [-0.39, 0.29) is 5.41 Å². The van der Waals surface area contributed by atoms with E-state index in [0.717, 1.165) is 31.5 Å². The molecule has 0 unspecified atom stereocenters. The number of hydrogen-bond donors (Lipinski definition) is 1. The first-order valence-corrected chi connectivity index (χ1v) is 7.25. The highest BCUT2D eigenvalue weighted by molar-refractivity contribution is 5.90. The minimum absolute atomic E-state index is 0.337. The molecule has 20 heavy (non-hydrogen) atoms. The van der Waals surface area contributed by atoms with Crippen LogP contribution in [0.4, 0.5) is 5.69 Å². The molecule has 0 aliphatic carbocycles. The number of rotatable bonds is 1. The van der Waals surface area contributed by atoms with Gasteiger partial charge in [0.15, 0.2) is 0 Å². The highest BCUT2D eigenvalue weighted by Gasteiger charge is 2.35. The fourth-order valence-corrected chi connectivity index (χ4v) is 3.53. The van der Waals surface area contributed by atoms with Crippen LogP contribution in [-0.4, -0.2) is 17.6 Å². The Morgan fingerprint density at radius 1 is 1.15 bits per heavy atom. The van der Waals surface area contributed by atoms with Crippen LogP contribution in [0, 0.1) is 5.41 Å². The van der Waals surface area contributed by atoms with Gasteiger partial charge in [-0.15, -0.1) is 0 Å². The summed E-state index contributed by atoms with van der Waals surface area (Å²) in [7, 11) is 0. The second kappa shape index (κ2) is 4.37. The van der Waals surface area contributed by atoms with Crippen LogP contribution in [0.2, 0.25) is 0 Å². The van der Waals surface area contributed by atoms with Crippen molar-refractivity contribution in [3.8, 4) is 0 Å². The zero-order valence-corrected chi connectivity index (χ0v) is 12.4. The lowest BCUT2D eigenvalue weighted by Crippen LogP contribution is -2.31. The molecule has 1 N–H and O–H groups in total. The molecule has 106 valence electrons. The van der Waals surface area contributed by atoms with Crippen LogP contribution in [0.1, 0.15) is 38.3 Å². The number of aliphatic carboxylic acids is 1. The summed E-state index contributed by atoms with van der Waals surface area (Å²) in [5.41, 5.74) is 5.25. The minimum Gasteiger partial charge on any atom is -0.478 e. The van der Waals surface area contributed by atoms with E-state index in [9.17, 15) is 9.90 Å². The van der Waals surface area contributed by atoms with Crippen molar-refractivity contribution in [2.45, 2.75) is 40.0 Å². The van der Waals surface area contributed by atoms with Gasteiger partial charge in [-0.3, -0.25) is 0 Å². The summed E-state index contributed by atoms with van der Waals surface area (Å²) >= 11 is 0. The van der Waals surface area contributed by atoms with Crippen molar-refractivity contribution in [2.24, 2.45) is 5.41 Å². The second-order valence-corrected chi connectivity index (χ2v) is 6.70. The maximum absolute atomic E-state index is 11.8. The molecule has 2 heterocycles. The molecule has 0 amide bonds. The van der Waals surface area contributed by atoms with Gasteiger partial charge in [0.05, 0.1) is 5.57 Å². The molecule has 0 bridgehead atoms. The molecule has 2 aliphatic rings. The van der Waals surface area contributed by atoms with E-state index >= 15 is 0 Å². The van der Waals surface area contributed by atoms with Crippen molar-refractivity contribution in [2.75, 3.05) is 11.4 Å².